The second-order valence-corrected chi connectivity index (χ2v) is 4.50. The summed E-state index contributed by atoms with van der Waals surface area (Å²) in [4.78, 5) is 22.6. The molecule has 0 aromatic heterocycles. The number of nitrogens with zero attached hydrogens (tertiary/aromatic N) is 2. The monoisotopic (exact) mass is 291 g/mol. The maximum Gasteiger partial charge on any atom is 0.271 e. The first-order chi connectivity index (χ1) is 9.93. The van der Waals surface area contributed by atoms with Crippen molar-refractivity contribution in [2.24, 2.45) is 5.41 Å². The van der Waals surface area contributed by atoms with E-state index in [1.807, 2.05) is 6.07 Å². The Morgan fingerprint density at radius 3 is 2.52 bits per heavy atom. The van der Waals surface area contributed by atoms with E-state index in [9.17, 15) is 20.2 Å². The first-order valence-corrected chi connectivity index (χ1v) is 6.49. The van der Waals surface area contributed by atoms with E-state index in [1.165, 1.54) is 25.3 Å². The Morgan fingerprint density at radius 1 is 1.48 bits per heavy atom. The number of carbonyl (C=O) groups excluding carboxylic acids is 1. The van der Waals surface area contributed by atoms with Gasteiger partial charge in [0.15, 0.2) is 0 Å². The Hall–Kier alpha value is -2.62. The molecule has 0 radical (unpaired) electrons. The Balaban J connectivity index is 3.17. The van der Waals surface area contributed by atoms with Crippen molar-refractivity contribution >= 4 is 17.3 Å². The quantitative estimate of drug-likeness (QED) is 0.640. The molecule has 0 saturated heterocycles. The number of anilines is 1. The van der Waals surface area contributed by atoms with Gasteiger partial charge in [0, 0.05) is 12.1 Å². The van der Waals surface area contributed by atoms with Crippen molar-refractivity contribution in [3.05, 3.63) is 28.3 Å². The number of non-ortho nitro benzene ring substituents is 1. The zero-order chi connectivity index (χ0) is 16.0. The average Bonchev–Trinajstić information content (AvgIpc) is 2.49. The van der Waals surface area contributed by atoms with E-state index >= 15 is 0 Å². The molecule has 112 valence electrons. The lowest BCUT2D eigenvalue weighted by atomic mass is 9.83. The van der Waals surface area contributed by atoms with E-state index < -0.39 is 16.2 Å². The summed E-state index contributed by atoms with van der Waals surface area (Å²) in [5.74, 6) is -0.193. The SMILES string of the molecule is CCC(C#N)(CC)C(=O)Nc1cc([N+](=O)[O-])ccc1OC. The van der Waals surface area contributed by atoms with Gasteiger partial charge in [-0.3, -0.25) is 14.9 Å². The second-order valence-electron chi connectivity index (χ2n) is 4.50. The molecule has 0 heterocycles. The normalized spacial score (nSPS) is 10.6. The number of nitriles is 1. The van der Waals surface area contributed by atoms with E-state index in [4.69, 9.17) is 4.74 Å². The Kier molecular flexibility index (Phi) is 5.24. The number of amides is 1. The Bertz CT molecular complexity index is 588. The molecular weight excluding hydrogens is 274 g/mol. The molecule has 7 heteroatoms. The summed E-state index contributed by atoms with van der Waals surface area (Å²) in [6.07, 6.45) is 0.701. The first-order valence-electron chi connectivity index (χ1n) is 6.49. The smallest absolute Gasteiger partial charge is 0.271 e. The van der Waals surface area contributed by atoms with Crippen molar-refractivity contribution in [1.29, 1.82) is 5.26 Å². The van der Waals surface area contributed by atoms with Crippen LogP contribution in [0.1, 0.15) is 26.7 Å². The van der Waals surface area contributed by atoms with Gasteiger partial charge in [0.2, 0.25) is 5.91 Å². The molecule has 7 nitrogen and oxygen atoms in total. The van der Waals surface area contributed by atoms with Crippen molar-refractivity contribution in [2.75, 3.05) is 12.4 Å². The largest absolute Gasteiger partial charge is 0.495 e. The number of nitro groups is 1. The van der Waals surface area contributed by atoms with E-state index in [-0.39, 0.29) is 11.4 Å². The standard InChI is InChI=1S/C14H17N3O4/c1-4-14(5-2,9-15)13(18)16-11-8-10(17(19)20)6-7-12(11)21-3/h6-8H,4-5H2,1-3H3,(H,16,18). The number of ether oxygens (including phenoxy) is 1. The fourth-order valence-corrected chi connectivity index (χ4v) is 1.93. The van der Waals surface area contributed by atoms with Crippen LogP contribution in [-0.4, -0.2) is 17.9 Å². The summed E-state index contributed by atoms with van der Waals surface area (Å²) in [5, 5.41) is 22.6. The molecule has 0 aliphatic carbocycles. The highest BCUT2D eigenvalue weighted by Gasteiger charge is 2.35. The summed E-state index contributed by atoms with van der Waals surface area (Å²) in [5.41, 5.74) is -1.14. The number of hydrogen-bond donors (Lipinski definition) is 1. The minimum Gasteiger partial charge on any atom is -0.495 e. The molecular formula is C14H17N3O4. The van der Waals surface area contributed by atoms with Gasteiger partial charge in [-0.25, -0.2) is 0 Å². The van der Waals surface area contributed by atoms with Crippen LogP contribution < -0.4 is 10.1 Å². The lowest BCUT2D eigenvalue weighted by molar-refractivity contribution is -0.384. The van der Waals surface area contributed by atoms with Crippen LogP contribution in [0.5, 0.6) is 5.75 Å². The zero-order valence-electron chi connectivity index (χ0n) is 12.2. The molecule has 1 aromatic carbocycles. The summed E-state index contributed by atoms with van der Waals surface area (Å²) >= 11 is 0. The topological polar surface area (TPSA) is 105 Å². The van der Waals surface area contributed by atoms with Crippen molar-refractivity contribution in [2.45, 2.75) is 26.7 Å². The van der Waals surface area contributed by atoms with Crippen LogP contribution in [0, 0.1) is 26.9 Å². The number of nitro benzene ring substituents is 1. The van der Waals surface area contributed by atoms with Gasteiger partial charge in [-0.05, 0) is 18.9 Å². The number of nitrogens with one attached hydrogen (secondary N) is 1. The Morgan fingerprint density at radius 2 is 2.10 bits per heavy atom. The number of carbonyl (C=O) groups is 1. The first kappa shape index (κ1) is 16.4. The fraction of sp³-hybridized carbons (Fsp3) is 0.429. The molecule has 1 rings (SSSR count). The van der Waals surface area contributed by atoms with Crippen LogP contribution in [0.3, 0.4) is 0 Å². The maximum atomic E-state index is 12.3. The van der Waals surface area contributed by atoms with Crippen molar-refractivity contribution in [1.82, 2.24) is 0 Å². The number of benzene rings is 1. The Labute approximate surface area is 122 Å². The summed E-state index contributed by atoms with van der Waals surface area (Å²) in [7, 11) is 1.40. The predicted octanol–water partition coefficient (Wildman–Crippen LogP) is 2.87. The van der Waals surface area contributed by atoms with Crippen molar-refractivity contribution in [3.63, 3.8) is 0 Å². The molecule has 1 N–H and O–H groups in total. The van der Waals surface area contributed by atoms with Crippen LogP contribution in [-0.2, 0) is 4.79 Å². The molecule has 0 fully saturated rings. The highest BCUT2D eigenvalue weighted by atomic mass is 16.6. The van der Waals surface area contributed by atoms with Crippen LogP contribution in [0.2, 0.25) is 0 Å². The van der Waals surface area contributed by atoms with Crippen LogP contribution in [0.25, 0.3) is 0 Å². The summed E-state index contributed by atoms with van der Waals surface area (Å²) in [6, 6.07) is 5.92. The van der Waals surface area contributed by atoms with Crippen LogP contribution in [0.15, 0.2) is 18.2 Å². The molecule has 1 amide bonds. The van der Waals surface area contributed by atoms with Crippen LogP contribution in [0.4, 0.5) is 11.4 Å². The van der Waals surface area contributed by atoms with E-state index in [0.717, 1.165) is 0 Å². The molecule has 0 aliphatic rings. The summed E-state index contributed by atoms with van der Waals surface area (Å²) < 4.78 is 5.07. The highest BCUT2D eigenvalue weighted by molar-refractivity contribution is 5.98. The minimum absolute atomic E-state index is 0.165. The lowest BCUT2D eigenvalue weighted by Crippen LogP contribution is -2.34. The van der Waals surface area contributed by atoms with Gasteiger partial charge in [0.05, 0.1) is 23.8 Å². The maximum absolute atomic E-state index is 12.3. The molecule has 1 aromatic rings. The van der Waals surface area contributed by atoms with Gasteiger partial charge in [0.25, 0.3) is 5.69 Å². The van der Waals surface area contributed by atoms with Gasteiger partial charge >= 0.3 is 0 Å². The third kappa shape index (κ3) is 3.28. The van der Waals surface area contributed by atoms with E-state index in [1.54, 1.807) is 13.8 Å². The molecule has 0 bridgehead atoms. The lowest BCUT2D eigenvalue weighted by Gasteiger charge is -2.22. The molecule has 0 saturated carbocycles. The van der Waals surface area contributed by atoms with Gasteiger partial charge in [-0.15, -0.1) is 0 Å². The van der Waals surface area contributed by atoms with Gasteiger partial charge in [-0.1, -0.05) is 13.8 Å². The van der Waals surface area contributed by atoms with Crippen LogP contribution >= 0.6 is 0 Å². The number of methoxy groups -OCH3 is 1. The molecule has 0 unspecified atom stereocenters. The van der Waals surface area contributed by atoms with E-state index in [0.29, 0.717) is 18.6 Å². The van der Waals surface area contributed by atoms with Crippen molar-refractivity contribution < 1.29 is 14.5 Å². The molecule has 0 aliphatic heterocycles. The molecule has 0 spiro atoms. The van der Waals surface area contributed by atoms with Gasteiger partial charge in [0.1, 0.15) is 11.2 Å². The van der Waals surface area contributed by atoms with Gasteiger partial charge < -0.3 is 10.1 Å². The minimum atomic E-state index is -1.16. The van der Waals surface area contributed by atoms with Crippen molar-refractivity contribution in [3.8, 4) is 11.8 Å². The van der Waals surface area contributed by atoms with Gasteiger partial charge in [-0.2, -0.15) is 5.26 Å². The molecule has 0 atom stereocenters. The average molecular weight is 291 g/mol. The fourth-order valence-electron chi connectivity index (χ4n) is 1.93. The third-order valence-corrected chi connectivity index (χ3v) is 3.50. The second kappa shape index (κ2) is 6.70. The van der Waals surface area contributed by atoms with E-state index in [2.05, 4.69) is 5.32 Å². The molecule has 21 heavy (non-hydrogen) atoms. The number of hydrogen-bond acceptors (Lipinski definition) is 5. The number of rotatable bonds is 6. The summed E-state index contributed by atoms with van der Waals surface area (Å²) in [6.45, 7) is 3.49. The zero-order valence-corrected chi connectivity index (χ0v) is 12.2. The highest BCUT2D eigenvalue weighted by Crippen LogP contribution is 2.32. The third-order valence-electron chi connectivity index (χ3n) is 3.50. The predicted molar refractivity (Wildman–Crippen MR) is 76.9 cm³/mol.